The second kappa shape index (κ2) is 8.15. The zero-order chi connectivity index (χ0) is 20.3. The molecule has 1 heterocycles. The van der Waals surface area contributed by atoms with Crippen molar-refractivity contribution in [3.05, 3.63) is 81.6 Å². The molecule has 28 heavy (non-hydrogen) atoms. The predicted molar refractivity (Wildman–Crippen MR) is 113 cm³/mol. The van der Waals surface area contributed by atoms with Crippen LogP contribution in [-0.4, -0.2) is 15.6 Å². The molecule has 0 aliphatic rings. The van der Waals surface area contributed by atoms with E-state index in [1.165, 1.54) is 0 Å². The van der Waals surface area contributed by atoms with Crippen molar-refractivity contribution in [2.24, 2.45) is 0 Å². The van der Waals surface area contributed by atoms with Gasteiger partial charge in [-0.05, 0) is 74.0 Å². The number of benzene rings is 2. The summed E-state index contributed by atoms with van der Waals surface area (Å²) in [5.41, 5.74) is 4.16. The second-order valence-electron chi connectivity index (χ2n) is 6.31. The summed E-state index contributed by atoms with van der Waals surface area (Å²) in [7, 11) is 0. The number of halogens is 1. The van der Waals surface area contributed by atoms with Crippen LogP contribution in [0.1, 0.15) is 17.0 Å². The van der Waals surface area contributed by atoms with Gasteiger partial charge in [0, 0.05) is 27.2 Å². The van der Waals surface area contributed by atoms with Gasteiger partial charge < -0.3 is 15.0 Å². The molecule has 0 bridgehead atoms. The van der Waals surface area contributed by atoms with Gasteiger partial charge >= 0.3 is 0 Å². The van der Waals surface area contributed by atoms with Gasteiger partial charge in [-0.15, -0.1) is 0 Å². The molecular weight excluding hydrogens is 418 g/mol. The number of amides is 1. The van der Waals surface area contributed by atoms with Crippen molar-refractivity contribution in [3.63, 3.8) is 0 Å². The summed E-state index contributed by atoms with van der Waals surface area (Å²) in [6.07, 6.45) is 1.59. The van der Waals surface area contributed by atoms with E-state index in [9.17, 15) is 15.2 Å². The van der Waals surface area contributed by atoms with E-state index in [1.807, 2.05) is 48.7 Å². The van der Waals surface area contributed by atoms with Crippen LogP contribution in [-0.2, 0) is 4.79 Å². The van der Waals surface area contributed by atoms with Crippen molar-refractivity contribution in [3.8, 4) is 17.5 Å². The predicted octanol–water partition coefficient (Wildman–Crippen LogP) is 5.11. The molecule has 6 heteroatoms. The third kappa shape index (κ3) is 4.16. The van der Waals surface area contributed by atoms with Crippen LogP contribution in [0.3, 0.4) is 0 Å². The summed E-state index contributed by atoms with van der Waals surface area (Å²) >= 11 is 3.36. The molecule has 0 atom stereocenters. The van der Waals surface area contributed by atoms with E-state index >= 15 is 0 Å². The highest BCUT2D eigenvalue weighted by molar-refractivity contribution is 9.10. The fraction of sp³-hybridized carbons (Fsp3) is 0.0909. The van der Waals surface area contributed by atoms with E-state index in [1.54, 1.807) is 36.4 Å². The molecule has 0 unspecified atom stereocenters. The molecule has 0 fully saturated rings. The van der Waals surface area contributed by atoms with Crippen molar-refractivity contribution in [1.29, 1.82) is 5.26 Å². The molecule has 0 saturated heterocycles. The van der Waals surface area contributed by atoms with Gasteiger partial charge in [-0.1, -0.05) is 22.0 Å². The molecule has 2 N–H and O–H groups in total. The van der Waals surface area contributed by atoms with Crippen molar-refractivity contribution in [2.45, 2.75) is 13.8 Å². The maximum atomic E-state index is 12.5. The Bertz CT molecular complexity index is 1110. The van der Waals surface area contributed by atoms with E-state index in [-0.39, 0.29) is 11.3 Å². The fourth-order valence-corrected chi connectivity index (χ4v) is 3.40. The van der Waals surface area contributed by atoms with Gasteiger partial charge in [0.2, 0.25) is 0 Å². The largest absolute Gasteiger partial charge is 0.508 e. The normalized spacial score (nSPS) is 11.1. The summed E-state index contributed by atoms with van der Waals surface area (Å²) < 4.78 is 2.84. The lowest BCUT2D eigenvalue weighted by Crippen LogP contribution is -2.13. The monoisotopic (exact) mass is 435 g/mol. The highest BCUT2D eigenvalue weighted by Crippen LogP contribution is 2.24. The van der Waals surface area contributed by atoms with E-state index in [4.69, 9.17) is 0 Å². The third-order valence-electron chi connectivity index (χ3n) is 4.33. The molecule has 2 aromatic carbocycles. The number of aromatic nitrogens is 1. The first-order chi connectivity index (χ1) is 13.4. The van der Waals surface area contributed by atoms with Gasteiger partial charge in [0.05, 0.1) is 0 Å². The van der Waals surface area contributed by atoms with Gasteiger partial charge in [0.15, 0.2) is 0 Å². The van der Waals surface area contributed by atoms with Gasteiger partial charge in [0.25, 0.3) is 5.91 Å². The summed E-state index contributed by atoms with van der Waals surface area (Å²) in [6.45, 7) is 3.87. The molecule has 3 aromatic rings. The Morgan fingerprint density at radius 3 is 2.54 bits per heavy atom. The number of nitrogens with zero attached hydrogens (tertiary/aromatic N) is 2. The smallest absolute Gasteiger partial charge is 0.266 e. The average molecular weight is 436 g/mol. The molecule has 5 nitrogen and oxygen atoms in total. The van der Waals surface area contributed by atoms with Gasteiger partial charge in [-0.2, -0.15) is 5.26 Å². The van der Waals surface area contributed by atoms with Gasteiger partial charge in [-0.25, -0.2) is 0 Å². The van der Waals surface area contributed by atoms with E-state index < -0.39 is 5.91 Å². The van der Waals surface area contributed by atoms with Crippen LogP contribution in [0, 0.1) is 25.2 Å². The van der Waals surface area contributed by atoms with Gasteiger partial charge in [-0.3, -0.25) is 4.79 Å². The van der Waals surface area contributed by atoms with E-state index in [2.05, 4.69) is 21.2 Å². The Labute approximate surface area is 171 Å². The van der Waals surface area contributed by atoms with Crippen LogP contribution in [0.2, 0.25) is 0 Å². The third-order valence-corrected chi connectivity index (χ3v) is 4.82. The maximum absolute atomic E-state index is 12.5. The molecule has 0 radical (unpaired) electrons. The average Bonchev–Trinajstić information content (AvgIpc) is 2.94. The highest BCUT2D eigenvalue weighted by atomic mass is 79.9. The first-order valence-electron chi connectivity index (χ1n) is 8.56. The van der Waals surface area contributed by atoms with Crippen LogP contribution in [0.15, 0.2) is 64.6 Å². The molecule has 140 valence electrons. The molecule has 0 aliphatic carbocycles. The summed E-state index contributed by atoms with van der Waals surface area (Å²) in [5.74, 6) is -0.266. The molecule has 1 amide bonds. The van der Waals surface area contributed by atoms with E-state index in [0.29, 0.717) is 5.69 Å². The van der Waals surface area contributed by atoms with Gasteiger partial charge in [0.1, 0.15) is 17.4 Å². The quantitative estimate of drug-likeness (QED) is 0.441. The zero-order valence-electron chi connectivity index (χ0n) is 15.4. The number of rotatable bonds is 4. The van der Waals surface area contributed by atoms with Crippen LogP contribution >= 0.6 is 15.9 Å². The number of aromatic hydroxyl groups is 1. The van der Waals surface area contributed by atoms with Crippen molar-refractivity contribution >= 4 is 33.6 Å². The molecule has 0 saturated carbocycles. The lowest BCUT2D eigenvalue weighted by Gasteiger charge is -2.09. The standard InChI is InChI=1S/C22H18BrN3O2/c1-14-10-16(15(2)26(14)20-6-8-21(27)9-7-20)11-17(13-24)22(28)25-19-5-3-4-18(23)12-19/h3-12,27H,1-2H3,(H,25,28)/b17-11+. The first-order valence-corrected chi connectivity index (χ1v) is 9.35. The topological polar surface area (TPSA) is 78.0 Å². The minimum atomic E-state index is -0.463. The molecular formula is C22H18BrN3O2. The Balaban J connectivity index is 1.93. The minimum Gasteiger partial charge on any atom is -0.508 e. The SMILES string of the molecule is Cc1cc(/C=C(\C#N)C(=O)Nc2cccc(Br)c2)c(C)n1-c1ccc(O)cc1. The van der Waals surface area contributed by atoms with Crippen molar-refractivity contribution in [2.75, 3.05) is 5.32 Å². The summed E-state index contributed by atoms with van der Waals surface area (Å²) in [6, 6.07) is 18.0. The number of carbonyl (C=O) groups is 1. The zero-order valence-corrected chi connectivity index (χ0v) is 17.0. The van der Waals surface area contributed by atoms with E-state index in [0.717, 1.165) is 27.1 Å². The summed E-state index contributed by atoms with van der Waals surface area (Å²) in [5, 5.41) is 21.7. The number of phenols is 1. The molecule has 0 spiro atoms. The Hall–Kier alpha value is -3.30. The van der Waals surface area contributed by atoms with Crippen LogP contribution in [0.4, 0.5) is 5.69 Å². The summed E-state index contributed by atoms with van der Waals surface area (Å²) in [4.78, 5) is 12.5. The van der Waals surface area contributed by atoms with Crippen LogP contribution < -0.4 is 5.32 Å². The lowest BCUT2D eigenvalue weighted by molar-refractivity contribution is -0.112. The number of carbonyl (C=O) groups excluding carboxylic acids is 1. The number of phenolic OH excluding ortho intramolecular Hbond substituents is 1. The first kappa shape index (κ1) is 19.5. The maximum Gasteiger partial charge on any atom is 0.266 e. The molecule has 3 rings (SSSR count). The van der Waals surface area contributed by atoms with Crippen molar-refractivity contribution < 1.29 is 9.90 Å². The highest BCUT2D eigenvalue weighted by Gasteiger charge is 2.14. The lowest BCUT2D eigenvalue weighted by atomic mass is 10.1. The second-order valence-corrected chi connectivity index (χ2v) is 7.23. The number of nitrogens with one attached hydrogen (secondary N) is 1. The number of nitriles is 1. The Morgan fingerprint density at radius 1 is 1.18 bits per heavy atom. The number of hydrogen-bond acceptors (Lipinski definition) is 3. The number of hydrogen-bond donors (Lipinski definition) is 2. The molecule has 1 aromatic heterocycles. The number of anilines is 1. The minimum absolute atomic E-state index is 0.0194. The Morgan fingerprint density at radius 2 is 1.89 bits per heavy atom. The van der Waals surface area contributed by atoms with Crippen LogP contribution in [0.25, 0.3) is 11.8 Å². The Kier molecular flexibility index (Phi) is 5.67. The fourth-order valence-electron chi connectivity index (χ4n) is 3.00. The number of aryl methyl sites for hydroxylation is 1. The van der Waals surface area contributed by atoms with Crippen LogP contribution in [0.5, 0.6) is 5.75 Å². The van der Waals surface area contributed by atoms with Crippen molar-refractivity contribution in [1.82, 2.24) is 4.57 Å². The molecule has 0 aliphatic heterocycles.